The van der Waals surface area contributed by atoms with E-state index in [2.05, 4.69) is 6.92 Å². The molecule has 0 aliphatic carbocycles. The van der Waals surface area contributed by atoms with Crippen molar-refractivity contribution < 1.29 is 19.4 Å². The Balaban J connectivity index is 2.59. The highest BCUT2D eigenvalue weighted by Gasteiger charge is 2.45. The normalized spacial score (nSPS) is 31.6. The first-order valence-corrected chi connectivity index (χ1v) is 5.01. The van der Waals surface area contributed by atoms with Crippen LogP contribution in [0.5, 0.6) is 0 Å². The van der Waals surface area contributed by atoms with Crippen molar-refractivity contribution in [3.8, 4) is 0 Å². The summed E-state index contributed by atoms with van der Waals surface area (Å²) in [5.41, 5.74) is 0. The Kier molecular flexibility index (Phi) is 3.49. The van der Waals surface area contributed by atoms with Gasteiger partial charge >= 0.3 is 11.9 Å². The molecule has 1 rings (SSSR count). The third-order valence-corrected chi connectivity index (χ3v) is 2.74. The van der Waals surface area contributed by atoms with Gasteiger partial charge in [-0.05, 0) is 6.42 Å². The van der Waals surface area contributed by atoms with Crippen LogP contribution in [0, 0.1) is 11.8 Å². The number of carbonyl (C=O) groups is 2. The van der Waals surface area contributed by atoms with Crippen molar-refractivity contribution in [2.45, 2.75) is 39.2 Å². The molecule has 0 aromatic heterocycles. The molecule has 1 N–H and O–H groups in total. The van der Waals surface area contributed by atoms with Gasteiger partial charge in [0.1, 0.15) is 6.10 Å². The van der Waals surface area contributed by atoms with Crippen molar-refractivity contribution in [1.29, 1.82) is 0 Å². The fraction of sp³-hybridized carbons (Fsp3) is 0.800. The van der Waals surface area contributed by atoms with E-state index in [1.54, 1.807) is 6.92 Å². The van der Waals surface area contributed by atoms with E-state index in [1.807, 2.05) is 0 Å². The maximum atomic E-state index is 11.2. The molecule has 1 aliphatic rings. The van der Waals surface area contributed by atoms with Crippen molar-refractivity contribution in [2.24, 2.45) is 11.8 Å². The first-order valence-electron chi connectivity index (χ1n) is 5.01. The zero-order valence-electron chi connectivity index (χ0n) is 8.53. The number of hydrogen-bond donors (Lipinski definition) is 1. The van der Waals surface area contributed by atoms with Crippen LogP contribution in [0.3, 0.4) is 0 Å². The Hall–Kier alpha value is -1.06. The minimum atomic E-state index is -1.07. The van der Waals surface area contributed by atoms with Crippen LogP contribution in [0.15, 0.2) is 0 Å². The first kappa shape index (κ1) is 11.0. The lowest BCUT2D eigenvalue weighted by molar-refractivity contribution is -0.153. The lowest BCUT2D eigenvalue weighted by Crippen LogP contribution is -2.25. The quantitative estimate of drug-likeness (QED) is 0.551. The van der Waals surface area contributed by atoms with Gasteiger partial charge in [-0.1, -0.05) is 26.7 Å². The molecule has 0 bridgehead atoms. The van der Waals surface area contributed by atoms with E-state index in [0.717, 1.165) is 19.3 Å². The number of carboxylic acid groups (broad SMARTS) is 1. The average molecular weight is 200 g/mol. The molecule has 0 spiro atoms. The van der Waals surface area contributed by atoms with Crippen molar-refractivity contribution >= 4 is 11.9 Å². The minimum Gasteiger partial charge on any atom is -0.481 e. The number of aliphatic carboxylic acids is 1. The largest absolute Gasteiger partial charge is 0.481 e. The van der Waals surface area contributed by atoms with Crippen LogP contribution in [-0.4, -0.2) is 23.1 Å². The molecule has 1 fully saturated rings. The molecule has 1 saturated heterocycles. The number of carbonyl (C=O) groups excluding carboxylic acids is 1. The molecule has 1 heterocycles. The molecule has 3 atom stereocenters. The van der Waals surface area contributed by atoms with E-state index in [1.165, 1.54) is 0 Å². The van der Waals surface area contributed by atoms with Gasteiger partial charge in [-0.2, -0.15) is 0 Å². The summed E-state index contributed by atoms with van der Waals surface area (Å²) in [7, 11) is 0. The average Bonchev–Trinajstić information content (AvgIpc) is 2.38. The van der Waals surface area contributed by atoms with E-state index < -0.39 is 17.9 Å². The molecule has 4 nitrogen and oxygen atoms in total. The summed E-state index contributed by atoms with van der Waals surface area (Å²) in [6.45, 7) is 3.82. The number of esters is 1. The Morgan fingerprint density at radius 1 is 1.57 bits per heavy atom. The van der Waals surface area contributed by atoms with Gasteiger partial charge in [-0.15, -0.1) is 0 Å². The Morgan fingerprint density at radius 2 is 2.21 bits per heavy atom. The van der Waals surface area contributed by atoms with Crippen LogP contribution in [0.2, 0.25) is 0 Å². The minimum absolute atomic E-state index is 0.202. The smallest absolute Gasteiger partial charge is 0.321 e. The van der Waals surface area contributed by atoms with Crippen LogP contribution in [0.25, 0.3) is 0 Å². The third-order valence-electron chi connectivity index (χ3n) is 2.74. The number of cyclic esters (lactones) is 1. The molecule has 1 aliphatic heterocycles. The Morgan fingerprint density at radius 3 is 2.64 bits per heavy atom. The van der Waals surface area contributed by atoms with Gasteiger partial charge in [0.25, 0.3) is 0 Å². The fourth-order valence-corrected chi connectivity index (χ4v) is 1.81. The number of unbranched alkanes of at least 4 members (excludes halogenated alkanes) is 1. The highest BCUT2D eigenvalue weighted by molar-refractivity contribution is 5.95. The van der Waals surface area contributed by atoms with Gasteiger partial charge in [-0.3, -0.25) is 9.59 Å². The van der Waals surface area contributed by atoms with Crippen molar-refractivity contribution in [2.75, 3.05) is 0 Å². The standard InChI is InChI=1S/C10H16O4/c1-3-4-5-7-6(2)8(9(11)12)10(13)14-7/h6-8H,3-5H2,1-2H3,(H,11,12)/t6-,7-,8-/m1/s1. The summed E-state index contributed by atoms with van der Waals surface area (Å²) < 4.78 is 5.03. The van der Waals surface area contributed by atoms with Gasteiger partial charge in [0.2, 0.25) is 0 Å². The predicted octanol–water partition coefficient (Wildman–Crippen LogP) is 1.44. The molecule has 0 radical (unpaired) electrons. The molecule has 14 heavy (non-hydrogen) atoms. The zero-order valence-corrected chi connectivity index (χ0v) is 8.53. The second-order valence-electron chi connectivity index (χ2n) is 3.79. The van der Waals surface area contributed by atoms with E-state index in [0.29, 0.717) is 0 Å². The summed E-state index contributed by atoms with van der Waals surface area (Å²) in [5, 5.41) is 8.80. The molecule has 0 saturated carbocycles. The summed E-state index contributed by atoms with van der Waals surface area (Å²) in [6.07, 6.45) is 2.56. The van der Waals surface area contributed by atoms with E-state index in [9.17, 15) is 9.59 Å². The first-order chi connectivity index (χ1) is 6.57. The molecule has 80 valence electrons. The Labute approximate surface area is 83.2 Å². The van der Waals surface area contributed by atoms with Crippen LogP contribution < -0.4 is 0 Å². The predicted molar refractivity (Wildman–Crippen MR) is 49.7 cm³/mol. The number of rotatable bonds is 4. The Bertz CT molecular complexity index is 236. The number of ether oxygens (including phenoxy) is 1. The summed E-state index contributed by atoms with van der Waals surface area (Å²) >= 11 is 0. The van der Waals surface area contributed by atoms with Crippen molar-refractivity contribution in [3.63, 3.8) is 0 Å². The fourth-order valence-electron chi connectivity index (χ4n) is 1.81. The SMILES string of the molecule is CCCC[C@H]1OC(=O)[C@@H](C(=O)O)[C@@H]1C. The molecular formula is C10H16O4. The monoisotopic (exact) mass is 200 g/mol. The van der Waals surface area contributed by atoms with Crippen LogP contribution in [-0.2, 0) is 14.3 Å². The lowest BCUT2D eigenvalue weighted by atomic mass is 9.90. The lowest BCUT2D eigenvalue weighted by Gasteiger charge is -2.13. The van der Waals surface area contributed by atoms with Crippen LogP contribution >= 0.6 is 0 Å². The maximum Gasteiger partial charge on any atom is 0.321 e. The van der Waals surface area contributed by atoms with Gasteiger partial charge in [0.05, 0.1) is 0 Å². The maximum absolute atomic E-state index is 11.2. The van der Waals surface area contributed by atoms with Crippen LogP contribution in [0.1, 0.15) is 33.1 Å². The second-order valence-corrected chi connectivity index (χ2v) is 3.79. The molecule has 0 amide bonds. The highest BCUT2D eigenvalue weighted by atomic mass is 16.6. The summed E-state index contributed by atoms with van der Waals surface area (Å²) in [4.78, 5) is 21.9. The third kappa shape index (κ3) is 2.05. The molecular weight excluding hydrogens is 184 g/mol. The summed E-state index contributed by atoms with van der Waals surface area (Å²) in [6, 6.07) is 0. The number of carboxylic acids is 1. The van der Waals surface area contributed by atoms with E-state index >= 15 is 0 Å². The molecule has 0 unspecified atom stereocenters. The van der Waals surface area contributed by atoms with Gasteiger partial charge < -0.3 is 9.84 Å². The highest BCUT2D eigenvalue weighted by Crippen LogP contribution is 2.31. The topological polar surface area (TPSA) is 63.6 Å². The van der Waals surface area contributed by atoms with Crippen molar-refractivity contribution in [3.05, 3.63) is 0 Å². The molecule has 4 heteroatoms. The zero-order chi connectivity index (χ0) is 10.7. The second kappa shape index (κ2) is 4.44. The van der Waals surface area contributed by atoms with E-state index in [-0.39, 0.29) is 12.0 Å². The van der Waals surface area contributed by atoms with E-state index in [4.69, 9.17) is 9.84 Å². The summed E-state index contributed by atoms with van der Waals surface area (Å²) in [5.74, 6) is -2.81. The number of hydrogen-bond acceptors (Lipinski definition) is 3. The van der Waals surface area contributed by atoms with Gasteiger partial charge in [-0.25, -0.2) is 0 Å². The van der Waals surface area contributed by atoms with Gasteiger partial charge in [0, 0.05) is 5.92 Å². The molecule has 0 aromatic rings. The molecule has 0 aromatic carbocycles. The van der Waals surface area contributed by atoms with Crippen LogP contribution in [0.4, 0.5) is 0 Å². The van der Waals surface area contributed by atoms with Gasteiger partial charge in [0.15, 0.2) is 5.92 Å². The van der Waals surface area contributed by atoms with Crippen molar-refractivity contribution in [1.82, 2.24) is 0 Å².